The molecule has 100 valence electrons. The molecule has 1 heterocycles. The average molecular weight is 256 g/mol. The molecule has 2 nitrogen and oxygen atoms in total. The van der Waals surface area contributed by atoms with E-state index in [1.165, 1.54) is 6.07 Å². The van der Waals surface area contributed by atoms with Gasteiger partial charge in [0.15, 0.2) is 11.6 Å². The van der Waals surface area contributed by atoms with Gasteiger partial charge in [-0.2, -0.15) is 0 Å². The van der Waals surface area contributed by atoms with Crippen LogP contribution in [0, 0.1) is 11.6 Å². The van der Waals surface area contributed by atoms with Crippen LogP contribution >= 0.6 is 0 Å². The summed E-state index contributed by atoms with van der Waals surface area (Å²) in [6, 6.07) is 3.53. The minimum atomic E-state index is -0.916. The summed E-state index contributed by atoms with van der Waals surface area (Å²) in [6.07, 6.45) is 3.97. The van der Waals surface area contributed by atoms with Crippen LogP contribution in [0.4, 0.5) is 8.78 Å². The van der Waals surface area contributed by atoms with E-state index in [4.69, 9.17) is 4.74 Å². The summed E-state index contributed by atoms with van der Waals surface area (Å²) in [5, 5.41) is 9.92. The van der Waals surface area contributed by atoms with Crippen molar-refractivity contribution < 1.29 is 18.6 Å². The lowest BCUT2D eigenvalue weighted by molar-refractivity contribution is 0.00211. The van der Waals surface area contributed by atoms with E-state index in [0.29, 0.717) is 12.0 Å². The number of hydrogen-bond donors (Lipinski definition) is 1. The molecule has 4 heteroatoms. The van der Waals surface area contributed by atoms with Gasteiger partial charge in [-0.3, -0.25) is 0 Å². The molecule has 0 radical (unpaired) electrons. The lowest BCUT2D eigenvalue weighted by Gasteiger charge is -2.23. The minimum Gasteiger partial charge on any atom is -0.388 e. The topological polar surface area (TPSA) is 29.5 Å². The van der Waals surface area contributed by atoms with Crippen molar-refractivity contribution in [3.8, 4) is 0 Å². The summed E-state index contributed by atoms with van der Waals surface area (Å²) in [7, 11) is 0. The second kappa shape index (κ2) is 6.25. The highest BCUT2D eigenvalue weighted by atomic mass is 19.2. The van der Waals surface area contributed by atoms with Gasteiger partial charge in [0, 0.05) is 6.61 Å². The minimum absolute atomic E-state index is 0.193. The van der Waals surface area contributed by atoms with Gasteiger partial charge in [-0.15, -0.1) is 0 Å². The zero-order valence-corrected chi connectivity index (χ0v) is 10.2. The quantitative estimate of drug-likeness (QED) is 0.895. The molecule has 0 amide bonds. The molecule has 0 saturated carbocycles. The number of ether oxygens (including phenoxy) is 1. The fourth-order valence-electron chi connectivity index (χ4n) is 2.27. The van der Waals surface area contributed by atoms with Crippen LogP contribution in [0.5, 0.6) is 0 Å². The van der Waals surface area contributed by atoms with Crippen molar-refractivity contribution in [1.82, 2.24) is 0 Å². The maximum absolute atomic E-state index is 13.0. The van der Waals surface area contributed by atoms with Crippen LogP contribution in [-0.4, -0.2) is 17.8 Å². The molecular weight excluding hydrogens is 238 g/mol. The molecule has 0 spiro atoms. The van der Waals surface area contributed by atoms with Gasteiger partial charge in [0.25, 0.3) is 0 Å². The first-order valence-electron chi connectivity index (χ1n) is 6.41. The van der Waals surface area contributed by atoms with Crippen molar-refractivity contribution in [2.24, 2.45) is 0 Å². The second-order valence-corrected chi connectivity index (χ2v) is 4.76. The Kier molecular flexibility index (Phi) is 4.66. The van der Waals surface area contributed by atoms with Gasteiger partial charge >= 0.3 is 0 Å². The van der Waals surface area contributed by atoms with Gasteiger partial charge in [-0.05, 0) is 49.8 Å². The van der Waals surface area contributed by atoms with Crippen molar-refractivity contribution >= 4 is 0 Å². The monoisotopic (exact) mass is 256 g/mol. The van der Waals surface area contributed by atoms with Crippen molar-refractivity contribution in [2.45, 2.75) is 44.3 Å². The smallest absolute Gasteiger partial charge is 0.159 e. The molecule has 0 bridgehead atoms. The SMILES string of the molecule is OC(CCC1CCCCO1)c1ccc(F)c(F)c1. The van der Waals surface area contributed by atoms with Gasteiger partial charge < -0.3 is 9.84 Å². The molecule has 1 aliphatic heterocycles. The van der Waals surface area contributed by atoms with E-state index in [1.54, 1.807) is 0 Å². The van der Waals surface area contributed by atoms with E-state index in [2.05, 4.69) is 0 Å². The van der Waals surface area contributed by atoms with E-state index in [0.717, 1.165) is 44.4 Å². The summed E-state index contributed by atoms with van der Waals surface area (Å²) >= 11 is 0. The summed E-state index contributed by atoms with van der Waals surface area (Å²) < 4.78 is 31.3. The molecule has 0 aromatic heterocycles. The third-order valence-corrected chi connectivity index (χ3v) is 3.36. The van der Waals surface area contributed by atoms with Gasteiger partial charge in [-0.25, -0.2) is 8.78 Å². The zero-order chi connectivity index (χ0) is 13.0. The van der Waals surface area contributed by atoms with Crippen molar-refractivity contribution in [1.29, 1.82) is 0 Å². The largest absolute Gasteiger partial charge is 0.388 e. The Bertz CT molecular complexity index is 389. The second-order valence-electron chi connectivity index (χ2n) is 4.76. The Balaban J connectivity index is 1.86. The molecule has 1 aromatic rings. The predicted octanol–water partition coefficient (Wildman–Crippen LogP) is 3.35. The molecule has 1 N–H and O–H groups in total. The standard InChI is InChI=1S/C14H18F2O2/c15-12-6-4-10(9-13(12)16)14(17)7-5-11-3-1-2-8-18-11/h4,6,9,11,14,17H,1-3,5,7-8H2. The molecular formula is C14H18F2O2. The molecule has 0 aliphatic carbocycles. The number of halogens is 2. The zero-order valence-electron chi connectivity index (χ0n) is 10.2. The molecule has 2 unspecified atom stereocenters. The highest BCUT2D eigenvalue weighted by Crippen LogP contribution is 2.24. The van der Waals surface area contributed by atoms with Gasteiger partial charge in [0.05, 0.1) is 12.2 Å². The lowest BCUT2D eigenvalue weighted by atomic mass is 9.99. The summed E-state index contributed by atoms with van der Waals surface area (Å²) in [5.74, 6) is -1.80. The summed E-state index contributed by atoms with van der Waals surface area (Å²) in [4.78, 5) is 0. The number of benzene rings is 1. The first-order valence-corrected chi connectivity index (χ1v) is 6.41. The number of rotatable bonds is 4. The Hall–Kier alpha value is -1.00. The Morgan fingerprint density at radius 1 is 1.28 bits per heavy atom. The molecule has 1 aliphatic rings. The molecule has 1 saturated heterocycles. The third kappa shape index (κ3) is 3.50. The van der Waals surface area contributed by atoms with E-state index >= 15 is 0 Å². The van der Waals surface area contributed by atoms with Crippen LogP contribution in [0.15, 0.2) is 18.2 Å². The molecule has 2 rings (SSSR count). The van der Waals surface area contributed by atoms with Crippen LogP contribution in [-0.2, 0) is 4.74 Å². The highest BCUT2D eigenvalue weighted by molar-refractivity contribution is 5.19. The average Bonchev–Trinajstić information content (AvgIpc) is 2.40. The van der Waals surface area contributed by atoms with Crippen molar-refractivity contribution in [3.05, 3.63) is 35.4 Å². The van der Waals surface area contributed by atoms with Gasteiger partial charge in [-0.1, -0.05) is 6.07 Å². The van der Waals surface area contributed by atoms with E-state index in [9.17, 15) is 13.9 Å². The van der Waals surface area contributed by atoms with Crippen LogP contribution < -0.4 is 0 Å². The first kappa shape index (κ1) is 13.4. The van der Waals surface area contributed by atoms with E-state index in [-0.39, 0.29) is 6.10 Å². The molecule has 2 atom stereocenters. The first-order chi connectivity index (χ1) is 8.66. The van der Waals surface area contributed by atoms with Gasteiger partial charge in [0.1, 0.15) is 0 Å². The Morgan fingerprint density at radius 3 is 2.78 bits per heavy atom. The Morgan fingerprint density at radius 2 is 2.11 bits per heavy atom. The maximum atomic E-state index is 13.0. The van der Waals surface area contributed by atoms with Crippen LogP contribution in [0.25, 0.3) is 0 Å². The molecule has 1 aromatic carbocycles. The van der Waals surface area contributed by atoms with Crippen LogP contribution in [0.3, 0.4) is 0 Å². The van der Waals surface area contributed by atoms with E-state index < -0.39 is 17.7 Å². The fraction of sp³-hybridized carbons (Fsp3) is 0.571. The lowest BCUT2D eigenvalue weighted by Crippen LogP contribution is -2.19. The van der Waals surface area contributed by atoms with E-state index in [1.807, 2.05) is 0 Å². The number of aliphatic hydroxyl groups excluding tert-OH is 1. The molecule has 18 heavy (non-hydrogen) atoms. The van der Waals surface area contributed by atoms with Gasteiger partial charge in [0.2, 0.25) is 0 Å². The Labute approximate surface area is 106 Å². The number of aliphatic hydroxyl groups is 1. The number of hydrogen-bond acceptors (Lipinski definition) is 2. The normalized spacial score (nSPS) is 21.8. The fourth-order valence-corrected chi connectivity index (χ4v) is 2.27. The van der Waals surface area contributed by atoms with Crippen molar-refractivity contribution in [2.75, 3.05) is 6.61 Å². The molecule has 1 fully saturated rings. The third-order valence-electron chi connectivity index (χ3n) is 3.36. The summed E-state index contributed by atoms with van der Waals surface area (Å²) in [5.41, 5.74) is 0.421. The van der Waals surface area contributed by atoms with Crippen molar-refractivity contribution in [3.63, 3.8) is 0 Å². The van der Waals surface area contributed by atoms with Crippen LogP contribution in [0.2, 0.25) is 0 Å². The highest BCUT2D eigenvalue weighted by Gasteiger charge is 2.17. The summed E-state index contributed by atoms with van der Waals surface area (Å²) in [6.45, 7) is 0.784. The predicted molar refractivity (Wildman–Crippen MR) is 64.1 cm³/mol. The van der Waals surface area contributed by atoms with Crippen LogP contribution in [0.1, 0.15) is 43.8 Å². The maximum Gasteiger partial charge on any atom is 0.159 e.